The molecule has 0 saturated carbocycles. The summed E-state index contributed by atoms with van der Waals surface area (Å²) < 4.78 is 1.84. The Morgan fingerprint density at radius 1 is 1.32 bits per heavy atom. The van der Waals surface area contributed by atoms with Gasteiger partial charge in [0.15, 0.2) is 0 Å². The van der Waals surface area contributed by atoms with E-state index in [0.717, 1.165) is 16.4 Å². The second kappa shape index (κ2) is 5.76. The van der Waals surface area contributed by atoms with Crippen molar-refractivity contribution in [2.75, 3.05) is 0 Å². The Labute approximate surface area is 119 Å². The third kappa shape index (κ3) is 2.99. The number of nitrogens with one attached hydrogen (secondary N) is 1. The van der Waals surface area contributed by atoms with Gasteiger partial charge in [0.05, 0.1) is 16.4 Å². The van der Waals surface area contributed by atoms with Crippen molar-refractivity contribution in [1.29, 1.82) is 0 Å². The number of aryl methyl sites for hydroxylation is 3. The fourth-order valence-corrected chi connectivity index (χ4v) is 2.53. The van der Waals surface area contributed by atoms with Gasteiger partial charge in [0.1, 0.15) is 0 Å². The van der Waals surface area contributed by atoms with Crippen molar-refractivity contribution < 1.29 is 0 Å². The van der Waals surface area contributed by atoms with Gasteiger partial charge >= 0.3 is 0 Å². The lowest BCUT2D eigenvalue weighted by atomic mass is 10.0. The van der Waals surface area contributed by atoms with Crippen LogP contribution >= 0.6 is 11.6 Å². The van der Waals surface area contributed by atoms with Gasteiger partial charge in [-0.15, -0.1) is 0 Å². The molecule has 0 spiro atoms. The Kier molecular flexibility index (Phi) is 4.27. The minimum Gasteiger partial charge on any atom is -0.305 e. The van der Waals surface area contributed by atoms with E-state index < -0.39 is 0 Å². The number of rotatable bonds is 4. The molecule has 1 atom stereocenters. The molecule has 0 saturated heterocycles. The first-order chi connectivity index (χ1) is 9.00. The van der Waals surface area contributed by atoms with Crippen molar-refractivity contribution >= 4 is 11.6 Å². The summed E-state index contributed by atoms with van der Waals surface area (Å²) in [6.45, 7) is 6.94. The summed E-state index contributed by atoms with van der Waals surface area (Å²) in [5.74, 6) is 0. The number of benzene rings is 1. The van der Waals surface area contributed by atoms with Gasteiger partial charge in [0, 0.05) is 19.6 Å². The Morgan fingerprint density at radius 3 is 2.58 bits per heavy atom. The van der Waals surface area contributed by atoms with Gasteiger partial charge in [-0.25, -0.2) is 0 Å². The summed E-state index contributed by atoms with van der Waals surface area (Å²) in [5, 5.41) is 8.59. The zero-order valence-corrected chi connectivity index (χ0v) is 12.6. The molecule has 1 heterocycles. The third-order valence-corrected chi connectivity index (χ3v) is 3.98. The maximum Gasteiger partial charge on any atom is 0.0860 e. The highest BCUT2D eigenvalue weighted by Crippen LogP contribution is 2.21. The number of nitrogens with zero attached hydrogens (tertiary/aromatic N) is 2. The van der Waals surface area contributed by atoms with Crippen LogP contribution in [-0.4, -0.2) is 9.78 Å². The van der Waals surface area contributed by atoms with E-state index in [0.29, 0.717) is 6.54 Å². The van der Waals surface area contributed by atoms with E-state index in [-0.39, 0.29) is 6.04 Å². The number of hydrogen-bond donors (Lipinski definition) is 1. The molecule has 19 heavy (non-hydrogen) atoms. The molecule has 1 N–H and O–H groups in total. The van der Waals surface area contributed by atoms with Crippen LogP contribution in [-0.2, 0) is 13.6 Å². The van der Waals surface area contributed by atoms with Crippen LogP contribution in [0.15, 0.2) is 24.3 Å². The fourth-order valence-electron chi connectivity index (χ4n) is 2.30. The highest BCUT2D eigenvalue weighted by atomic mass is 35.5. The Hall–Kier alpha value is -1.32. The zero-order valence-electron chi connectivity index (χ0n) is 11.9. The molecular formula is C15H20ClN3. The standard InChI is InChI=1S/C15H20ClN3/c1-10-7-5-6-8-13(10)11(2)17-9-14-15(16)12(3)18-19(14)4/h5-8,11,17H,9H2,1-4H3. The van der Waals surface area contributed by atoms with Crippen LogP contribution in [0.5, 0.6) is 0 Å². The van der Waals surface area contributed by atoms with Gasteiger partial charge in [-0.05, 0) is 31.9 Å². The largest absolute Gasteiger partial charge is 0.305 e. The summed E-state index contributed by atoms with van der Waals surface area (Å²) in [5.41, 5.74) is 4.52. The number of halogens is 1. The lowest BCUT2D eigenvalue weighted by molar-refractivity contribution is 0.546. The summed E-state index contributed by atoms with van der Waals surface area (Å²) >= 11 is 6.25. The summed E-state index contributed by atoms with van der Waals surface area (Å²) in [6.07, 6.45) is 0. The predicted octanol–water partition coefficient (Wildman–Crippen LogP) is 3.54. The molecule has 0 fully saturated rings. The van der Waals surface area contributed by atoms with Crippen molar-refractivity contribution in [2.45, 2.75) is 33.4 Å². The van der Waals surface area contributed by atoms with Crippen molar-refractivity contribution in [2.24, 2.45) is 7.05 Å². The SMILES string of the molecule is Cc1ccccc1C(C)NCc1c(Cl)c(C)nn1C. The Morgan fingerprint density at radius 2 is 2.00 bits per heavy atom. The molecule has 2 rings (SSSR count). The van der Waals surface area contributed by atoms with Gasteiger partial charge in [-0.2, -0.15) is 5.10 Å². The molecule has 0 radical (unpaired) electrons. The molecular weight excluding hydrogens is 258 g/mol. The van der Waals surface area contributed by atoms with E-state index in [1.807, 2.05) is 18.7 Å². The van der Waals surface area contributed by atoms with Gasteiger partial charge in [-0.1, -0.05) is 35.9 Å². The molecule has 1 unspecified atom stereocenters. The molecule has 0 aliphatic carbocycles. The van der Waals surface area contributed by atoms with Crippen LogP contribution in [0, 0.1) is 13.8 Å². The average Bonchev–Trinajstić information content (AvgIpc) is 2.61. The zero-order chi connectivity index (χ0) is 14.0. The maximum atomic E-state index is 6.25. The minimum atomic E-state index is 0.285. The van der Waals surface area contributed by atoms with Gasteiger partial charge in [-0.3, -0.25) is 4.68 Å². The van der Waals surface area contributed by atoms with Crippen molar-refractivity contribution in [3.05, 3.63) is 51.8 Å². The van der Waals surface area contributed by atoms with Crippen LogP contribution in [0.4, 0.5) is 0 Å². The first kappa shape index (κ1) is 14.1. The molecule has 2 aromatic rings. The Balaban J connectivity index is 2.09. The molecule has 1 aromatic heterocycles. The predicted molar refractivity (Wildman–Crippen MR) is 79.4 cm³/mol. The van der Waals surface area contributed by atoms with Crippen LogP contribution in [0.3, 0.4) is 0 Å². The molecule has 0 bridgehead atoms. The minimum absolute atomic E-state index is 0.285. The second-order valence-corrected chi connectivity index (χ2v) is 5.31. The fraction of sp³-hybridized carbons (Fsp3) is 0.400. The highest BCUT2D eigenvalue weighted by Gasteiger charge is 2.13. The molecule has 4 heteroatoms. The molecule has 0 aliphatic heterocycles. The monoisotopic (exact) mass is 277 g/mol. The number of aromatic nitrogens is 2. The van der Waals surface area contributed by atoms with E-state index in [2.05, 4.69) is 48.5 Å². The molecule has 0 amide bonds. The lowest BCUT2D eigenvalue weighted by Crippen LogP contribution is -2.20. The molecule has 3 nitrogen and oxygen atoms in total. The summed E-state index contributed by atoms with van der Waals surface area (Å²) in [4.78, 5) is 0. The molecule has 102 valence electrons. The van der Waals surface area contributed by atoms with E-state index in [1.54, 1.807) is 0 Å². The van der Waals surface area contributed by atoms with Crippen molar-refractivity contribution in [3.63, 3.8) is 0 Å². The van der Waals surface area contributed by atoms with Gasteiger partial charge in [0.25, 0.3) is 0 Å². The second-order valence-electron chi connectivity index (χ2n) is 4.93. The lowest BCUT2D eigenvalue weighted by Gasteiger charge is -2.16. The van der Waals surface area contributed by atoms with Crippen LogP contribution in [0.1, 0.15) is 35.5 Å². The topological polar surface area (TPSA) is 29.9 Å². The van der Waals surface area contributed by atoms with E-state index in [1.165, 1.54) is 11.1 Å². The molecule has 1 aromatic carbocycles. The first-order valence-corrected chi connectivity index (χ1v) is 6.85. The average molecular weight is 278 g/mol. The van der Waals surface area contributed by atoms with E-state index in [9.17, 15) is 0 Å². The Bertz CT molecular complexity index is 575. The van der Waals surface area contributed by atoms with Crippen LogP contribution in [0.2, 0.25) is 5.02 Å². The van der Waals surface area contributed by atoms with E-state index in [4.69, 9.17) is 11.6 Å². The quantitative estimate of drug-likeness (QED) is 0.926. The van der Waals surface area contributed by atoms with Crippen molar-refractivity contribution in [1.82, 2.24) is 15.1 Å². The molecule has 0 aliphatic rings. The third-order valence-electron chi connectivity index (χ3n) is 3.49. The smallest absolute Gasteiger partial charge is 0.0860 e. The van der Waals surface area contributed by atoms with E-state index >= 15 is 0 Å². The van der Waals surface area contributed by atoms with Gasteiger partial charge in [0.2, 0.25) is 0 Å². The van der Waals surface area contributed by atoms with Gasteiger partial charge < -0.3 is 5.32 Å². The van der Waals surface area contributed by atoms with Crippen LogP contribution < -0.4 is 5.32 Å². The summed E-state index contributed by atoms with van der Waals surface area (Å²) in [6, 6.07) is 8.71. The number of hydrogen-bond acceptors (Lipinski definition) is 2. The van der Waals surface area contributed by atoms with Crippen molar-refractivity contribution in [3.8, 4) is 0 Å². The normalized spacial score (nSPS) is 12.7. The van der Waals surface area contributed by atoms with Crippen LogP contribution in [0.25, 0.3) is 0 Å². The maximum absolute atomic E-state index is 6.25. The summed E-state index contributed by atoms with van der Waals surface area (Å²) in [7, 11) is 1.92. The first-order valence-electron chi connectivity index (χ1n) is 6.47. The highest BCUT2D eigenvalue weighted by molar-refractivity contribution is 6.31.